The first-order valence-corrected chi connectivity index (χ1v) is 9.01. The van der Waals surface area contributed by atoms with E-state index in [1.54, 1.807) is 11.8 Å². The first-order valence-electron chi connectivity index (χ1n) is 8.19. The SMILES string of the molecule is CC(C)N1CCCCC1c1cccnc1Sc1ccccc1. The van der Waals surface area contributed by atoms with E-state index in [0.717, 1.165) is 5.03 Å². The molecule has 0 radical (unpaired) electrons. The van der Waals surface area contributed by atoms with E-state index in [4.69, 9.17) is 0 Å². The molecule has 1 saturated heterocycles. The van der Waals surface area contributed by atoms with Gasteiger partial charge >= 0.3 is 0 Å². The lowest BCUT2D eigenvalue weighted by Crippen LogP contribution is -2.38. The molecule has 3 rings (SSSR count). The van der Waals surface area contributed by atoms with Crippen LogP contribution < -0.4 is 0 Å². The van der Waals surface area contributed by atoms with Crippen molar-refractivity contribution in [3.05, 3.63) is 54.2 Å². The molecule has 0 aliphatic carbocycles. The Morgan fingerprint density at radius 2 is 1.91 bits per heavy atom. The van der Waals surface area contributed by atoms with Crippen molar-refractivity contribution >= 4 is 11.8 Å². The summed E-state index contributed by atoms with van der Waals surface area (Å²) in [6.07, 6.45) is 5.79. The molecule has 0 N–H and O–H groups in total. The third-order valence-corrected chi connectivity index (χ3v) is 5.37. The molecular formula is C19H24N2S. The number of hydrogen-bond donors (Lipinski definition) is 0. The van der Waals surface area contributed by atoms with Crippen molar-refractivity contribution in [3.8, 4) is 0 Å². The molecule has 0 spiro atoms. The van der Waals surface area contributed by atoms with Crippen molar-refractivity contribution in [3.63, 3.8) is 0 Å². The van der Waals surface area contributed by atoms with E-state index in [1.807, 2.05) is 6.20 Å². The molecule has 1 aliphatic heterocycles. The molecule has 0 saturated carbocycles. The third-order valence-electron chi connectivity index (χ3n) is 4.32. The molecule has 116 valence electrons. The Morgan fingerprint density at radius 1 is 1.09 bits per heavy atom. The lowest BCUT2D eigenvalue weighted by Gasteiger charge is -2.39. The molecule has 2 aromatic rings. The Balaban J connectivity index is 1.90. The van der Waals surface area contributed by atoms with Crippen molar-refractivity contribution in [2.45, 2.75) is 55.1 Å². The van der Waals surface area contributed by atoms with E-state index >= 15 is 0 Å². The van der Waals surface area contributed by atoms with Gasteiger partial charge in [-0.25, -0.2) is 4.98 Å². The Labute approximate surface area is 138 Å². The van der Waals surface area contributed by atoms with E-state index in [0.29, 0.717) is 12.1 Å². The quantitative estimate of drug-likeness (QED) is 0.775. The summed E-state index contributed by atoms with van der Waals surface area (Å²) in [5.41, 5.74) is 1.39. The molecule has 3 heteroatoms. The summed E-state index contributed by atoms with van der Waals surface area (Å²) in [4.78, 5) is 8.57. The first-order chi connectivity index (χ1) is 10.8. The summed E-state index contributed by atoms with van der Waals surface area (Å²) in [5.74, 6) is 0. The maximum Gasteiger partial charge on any atom is 0.105 e. The fraction of sp³-hybridized carbons (Fsp3) is 0.421. The number of rotatable bonds is 4. The summed E-state index contributed by atoms with van der Waals surface area (Å²) in [6, 6.07) is 16.0. The largest absolute Gasteiger partial charge is 0.294 e. The van der Waals surface area contributed by atoms with Gasteiger partial charge in [-0.05, 0) is 51.4 Å². The van der Waals surface area contributed by atoms with Crippen molar-refractivity contribution < 1.29 is 0 Å². The van der Waals surface area contributed by atoms with Crippen LogP contribution in [0.3, 0.4) is 0 Å². The minimum Gasteiger partial charge on any atom is -0.294 e. The van der Waals surface area contributed by atoms with Crippen LogP contribution in [-0.4, -0.2) is 22.5 Å². The zero-order valence-corrected chi connectivity index (χ0v) is 14.2. The van der Waals surface area contributed by atoms with E-state index in [-0.39, 0.29) is 0 Å². The number of hydrogen-bond acceptors (Lipinski definition) is 3. The average molecular weight is 312 g/mol. The summed E-state index contributed by atoms with van der Waals surface area (Å²) in [6.45, 7) is 5.81. The lowest BCUT2D eigenvalue weighted by molar-refractivity contribution is 0.110. The second kappa shape index (κ2) is 7.30. The van der Waals surface area contributed by atoms with E-state index in [2.05, 4.69) is 66.2 Å². The maximum atomic E-state index is 4.68. The minimum atomic E-state index is 0.508. The number of piperidine rings is 1. The van der Waals surface area contributed by atoms with Crippen molar-refractivity contribution in [2.24, 2.45) is 0 Å². The molecule has 2 nitrogen and oxygen atoms in total. The molecular weight excluding hydrogens is 288 g/mol. The van der Waals surface area contributed by atoms with Crippen LogP contribution in [-0.2, 0) is 0 Å². The Morgan fingerprint density at radius 3 is 2.68 bits per heavy atom. The molecule has 1 unspecified atom stereocenters. The number of pyridine rings is 1. The molecule has 2 heterocycles. The second-order valence-electron chi connectivity index (χ2n) is 6.16. The smallest absolute Gasteiger partial charge is 0.105 e. The van der Waals surface area contributed by atoms with Gasteiger partial charge in [0, 0.05) is 28.7 Å². The van der Waals surface area contributed by atoms with E-state index < -0.39 is 0 Å². The standard InChI is InChI=1S/C19H24N2S/c1-15(2)21-14-7-6-12-18(21)17-11-8-13-20-19(17)22-16-9-4-3-5-10-16/h3-5,8-11,13,15,18H,6-7,12,14H2,1-2H3. The number of nitrogens with zero attached hydrogens (tertiary/aromatic N) is 2. The van der Waals surface area contributed by atoms with Gasteiger partial charge in [0.05, 0.1) is 0 Å². The van der Waals surface area contributed by atoms with E-state index in [1.165, 1.54) is 36.3 Å². The Hall–Kier alpha value is -1.32. The molecule has 1 fully saturated rings. The normalized spacial score (nSPS) is 19.5. The first kappa shape index (κ1) is 15.6. The summed E-state index contributed by atoms with van der Waals surface area (Å²) >= 11 is 1.78. The van der Waals surface area contributed by atoms with E-state index in [9.17, 15) is 0 Å². The van der Waals surface area contributed by atoms with Crippen LogP contribution in [0.1, 0.15) is 44.7 Å². The van der Waals surface area contributed by atoms with Crippen LogP contribution in [0.25, 0.3) is 0 Å². The number of aromatic nitrogens is 1. The molecule has 0 bridgehead atoms. The molecule has 0 amide bonds. The maximum absolute atomic E-state index is 4.68. The van der Waals surface area contributed by atoms with Gasteiger partial charge in [0.25, 0.3) is 0 Å². The van der Waals surface area contributed by atoms with Crippen LogP contribution >= 0.6 is 11.8 Å². The predicted molar refractivity (Wildman–Crippen MR) is 93.2 cm³/mol. The lowest BCUT2D eigenvalue weighted by atomic mass is 9.95. The zero-order chi connectivity index (χ0) is 15.4. The van der Waals surface area contributed by atoms with Gasteiger partial charge in [0.15, 0.2) is 0 Å². The monoisotopic (exact) mass is 312 g/mol. The molecule has 1 aromatic heterocycles. The summed E-state index contributed by atoms with van der Waals surface area (Å²) in [7, 11) is 0. The van der Waals surface area contributed by atoms with Crippen molar-refractivity contribution in [2.75, 3.05) is 6.54 Å². The minimum absolute atomic E-state index is 0.508. The number of likely N-dealkylation sites (tertiary alicyclic amines) is 1. The second-order valence-corrected chi connectivity index (χ2v) is 7.22. The van der Waals surface area contributed by atoms with Gasteiger partial charge in [-0.1, -0.05) is 42.4 Å². The van der Waals surface area contributed by atoms with Gasteiger partial charge < -0.3 is 0 Å². The van der Waals surface area contributed by atoms with Gasteiger partial charge in [0.2, 0.25) is 0 Å². The van der Waals surface area contributed by atoms with Crippen molar-refractivity contribution in [1.29, 1.82) is 0 Å². The average Bonchev–Trinajstić information content (AvgIpc) is 2.56. The van der Waals surface area contributed by atoms with Gasteiger partial charge in [-0.2, -0.15) is 0 Å². The van der Waals surface area contributed by atoms with Crippen LogP contribution in [0.2, 0.25) is 0 Å². The predicted octanol–water partition coefficient (Wildman–Crippen LogP) is 5.17. The molecule has 1 aliphatic rings. The molecule has 1 aromatic carbocycles. The number of benzene rings is 1. The van der Waals surface area contributed by atoms with Gasteiger partial charge in [0.1, 0.15) is 5.03 Å². The zero-order valence-electron chi connectivity index (χ0n) is 13.4. The van der Waals surface area contributed by atoms with Crippen LogP contribution in [0.5, 0.6) is 0 Å². The fourth-order valence-electron chi connectivity index (χ4n) is 3.25. The highest BCUT2D eigenvalue weighted by molar-refractivity contribution is 7.99. The van der Waals surface area contributed by atoms with Crippen molar-refractivity contribution in [1.82, 2.24) is 9.88 Å². The Kier molecular flexibility index (Phi) is 5.16. The summed E-state index contributed by atoms with van der Waals surface area (Å²) in [5, 5.41) is 1.16. The van der Waals surface area contributed by atoms with Crippen LogP contribution in [0.4, 0.5) is 0 Å². The molecule has 1 atom stereocenters. The highest BCUT2D eigenvalue weighted by Gasteiger charge is 2.28. The summed E-state index contributed by atoms with van der Waals surface area (Å²) < 4.78 is 0. The molecule has 22 heavy (non-hydrogen) atoms. The highest BCUT2D eigenvalue weighted by Crippen LogP contribution is 2.38. The topological polar surface area (TPSA) is 16.1 Å². The van der Waals surface area contributed by atoms with Gasteiger partial charge in [-0.3, -0.25) is 4.90 Å². The highest BCUT2D eigenvalue weighted by atomic mass is 32.2. The third kappa shape index (κ3) is 3.53. The van der Waals surface area contributed by atoms with Gasteiger partial charge in [-0.15, -0.1) is 0 Å². The van der Waals surface area contributed by atoms with Crippen LogP contribution in [0, 0.1) is 0 Å². The fourth-order valence-corrected chi connectivity index (χ4v) is 4.20. The van der Waals surface area contributed by atoms with Crippen LogP contribution in [0.15, 0.2) is 58.6 Å². The Bertz CT molecular complexity index is 597.